The molecule has 0 saturated carbocycles. The number of hydrogen-bond donors (Lipinski definition) is 3. The number of methoxy groups -OCH3 is 4. The number of benzene rings is 2. The van der Waals surface area contributed by atoms with Crippen molar-refractivity contribution >= 4 is 40.8 Å². The molecule has 0 unspecified atom stereocenters. The molecule has 12 heteroatoms. The van der Waals surface area contributed by atoms with Gasteiger partial charge < -0.3 is 30.0 Å². The number of hydrogen-bond acceptors (Lipinski definition) is 9. The number of nitrogens with one attached hydrogen (secondary N) is 2. The van der Waals surface area contributed by atoms with Crippen molar-refractivity contribution in [2.75, 3.05) is 33.8 Å². The number of halogens is 1. The molecule has 2 aromatic carbocycles. The summed E-state index contributed by atoms with van der Waals surface area (Å²) in [6.45, 7) is 0. The maximum atomic E-state index is 12.7. The lowest BCUT2D eigenvalue weighted by Crippen LogP contribution is -2.39. The van der Waals surface area contributed by atoms with Crippen molar-refractivity contribution < 1.29 is 28.5 Å². The molecule has 0 spiro atoms. The summed E-state index contributed by atoms with van der Waals surface area (Å²) < 4.78 is 26.1. The minimum Gasteiger partial charge on any atom is -0.495 e. The fourth-order valence-corrected chi connectivity index (χ4v) is 4.37. The molecule has 0 bridgehead atoms. The highest BCUT2D eigenvalue weighted by Crippen LogP contribution is 2.45. The van der Waals surface area contributed by atoms with Crippen molar-refractivity contribution in [2.45, 2.75) is 12.5 Å². The SMILES string of the molecule is COc1ccc(-c2cnsc2-c2cc(OC)c(OC)c(OC)c2)cc1NC(=O)[C@H](CC(N)=O)NCl. The van der Waals surface area contributed by atoms with Gasteiger partial charge in [-0.3, -0.25) is 9.59 Å². The maximum Gasteiger partial charge on any atom is 0.243 e. The minimum absolute atomic E-state index is 0.267. The number of nitrogens with two attached hydrogens (primary N) is 1. The Morgan fingerprint density at radius 3 is 2.20 bits per heavy atom. The Labute approximate surface area is 211 Å². The number of carbonyl (C=O) groups excluding carboxylic acids is 2. The molecule has 4 N–H and O–H groups in total. The lowest BCUT2D eigenvalue weighted by atomic mass is 10.0. The van der Waals surface area contributed by atoms with E-state index in [0.29, 0.717) is 28.7 Å². The fourth-order valence-electron chi connectivity index (χ4n) is 3.44. The molecule has 10 nitrogen and oxygen atoms in total. The highest BCUT2D eigenvalue weighted by Gasteiger charge is 2.22. The largest absolute Gasteiger partial charge is 0.495 e. The van der Waals surface area contributed by atoms with Crippen LogP contribution in [-0.2, 0) is 9.59 Å². The molecular formula is C23H25ClN4O6S. The van der Waals surface area contributed by atoms with Gasteiger partial charge in [-0.1, -0.05) is 6.07 Å². The summed E-state index contributed by atoms with van der Waals surface area (Å²) in [6, 6.07) is 7.98. The van der Waals surface area contributed by atoms with Crippen LogP contribution in [0, 0.1) is 0 Å². The van der Waals surface area contributed by atoms with Crippen LogP contribution >= 0.6 is 23.3 Å². The van der Waals surface area contributed by atoms with E-state index in [1.54, 1.807) is 39.7 Å². The molecule has 0 aliphatic rings. The van der Waals surface area contributed by atoms with Crippen LogP contribution in [0.1, 0.15) is 6.42 Å². The van der Waals surface area contributed by atoms with Gasteiger partial charge in [-0.05, 0) is 53.1 Å². The highest BCUT2D eigenvalue weighted by atomic mass is 35.5. The average molecular weight is 521 g/mol. The Bertz CT molecular complexity index is 1190. The third-order valence-corrected chi connectivity index (χ3v) is 6.23. The third kappa shape index (κ3) is 5.76. The number of primary amides is 1. The van der Waals surface area contributed by atoms with Crippen LogP contribution in [0.25, 0.3) is 21.6 Å². The van der Waals surface area contributed by atoms with Crippen LogP contribution in [0.5, 0.6) is 23.0 Å². The monoisotopic (exact) mass is 520 g/mol. The van der Waals surface area contributed by atoms with Crippen molar-refractivity contribution in [3.05, 3.63) is 36.5 Å². The van der Waals surface area contributed by atoms with Crippen LogP contribution in [0.3, 0.4) is 0 Å². The molecule has 186 valence electrons. The molecule has 0 fully saturated rings. The fraction of sp³-hybridized carbons (Fsp3) is 0.261. The number of rotatable bonds is 11. The number of nitrogens with zero attached hydrogens (tertiary/aromatic N) is 1. The smallest absolute Gasteiger partial charge is 0.243 e. The van der Waals surface area contributed by atoms with Gasteiger partial charge >= 0.3 is 0 Å². The van der Waals surface area contributed by atoms with Gasteiger partial charge in [0.05, 0.1) is 45.4 Å². The second kappa shape index (κ2) is 11.7. The summed E-state index contributed by atoms with van der Waals surface area (Å²) in [5.41, 5.74) is 7.98. The zero-order chi connectivity index (χ0) is 25.5. The Balaban J connectivity index is 2.03. The van der Waals surface area contributed by atoms with E-state index in [4.69, 9.17) is 36.5 Å². The van der Waals surface area contributed by atoms with Crippen molar-refractivity contribution in [2.24, 2.45) is 5.73 Å². The highest BCUT2D eigenvalue weighted by molar-refractivity contribution is 7.10. The van der Waals surface area contributed by atoms with Gasteiger partial charge in [0.15, 0.2) is 11.5 Å². The van der Waals surface area contributed by atoms with E-state index in [1.165, 1.54) is 18.6 Å². The first-order valence-corrected chi connectivity index (χ1v) is 11.4. The molecule has 3 rings (SSSR count). The number of ether oxygens (including phenoxy) is 4. The van der Waals surface area contributed by atoms with E-state index in [1.807, 2.05) is 18.2 Å². The molecule has 2 amide bonds. The second-order valence-electron chi connectivity index (χ2n) is 7.22. The van der Waals surface area contributed by atoms with Crippen molar-refractivity contribution in [3.8, 4) is 44.6 Å². The van der Waals surface area contributed by atoms with E-state index in [2.05, 4.69) is 14.5 Å². The molecule has 0 aliphatic carbocycles. The van der Waals surface area contributed by atoms with Gasteiger partial charge in [-0.15, -0.1) is 0 Å². The number of anilines is 1. The predicted octanol–water partition coefficient (Wildman–Crippen LogP) is 3.44. The summed E-state index contributed by atoms with van der Waals surface area (Å²) >= 11 is 6.93. The summed E-state index contributed by atoms with van der Waals surface area (Å²) in [5.74, 6) is 0.724. The van der Waals surface area contributed by atoms with Gasteiger partial charge in [0.25, 0.3) is 0 Å². The lowest BCUT2D eigenvalue weighted by molar-refractivity contribution is -0.123. The first-order valence-electron chi connectivity index (χ1n) is 10.3. The summed E-state index contributed by atoms with van der Waals surface area (Å²) in [6.07, 6.45) is 1.46. The van der Waals surface area contributed by atoms with E-state index in [-0.39, 0.29) is 6.42 Å². The molecule has 1 aromatic heterocycles. The summed E-state index contributed by atoms with van der Waals surface area (Å²) in [5, 5.41) is 2.74. The molecular weight excluding hydrogens is 496 g/mol. The average Bonchev–Trinajstić information content (AvgIpc) is 3.36. The quantitative estimate of drug-likeness (QED) is 0.327. The first kappa shape index (κ1) is 26.1. The van der Waals surface area contributed by atoms with Crippen molar-refractivity contribution in [1.29, 1.82) is 0 Å². The van der Waals surface area contributed by atoms with Crippen molar-refractivity contribution in [1.82, 2.24) is 9.21 Å². The van der Waals surface area contributed by atoms with Gasteiger partial charge in [-0.2, -0.15) is 4.37 Å². The van der Waals surface area contributed by atoms with E-state index in [0.717, 1.165) is 21.6 Å². The molecule has 0 aliphatic heterocycles. The third-order valence-electron chi connectivity index (χ3n) is 5.12. The molecule has 0 saturated heterocycles. The Morgan fingerprint density at radius 1 is 1.00 bits per heavy atom. The van der Waals surface area contributed by atoms with Gasteiger partial charge in [0.2, 0.25) is 17.6 Å². The first-order chi connectivity index (χ1) is 16.9. The van der Waals surface area contributed by atoms with Crippen molar-refractivity contribution in [3.63, 3.8) is 0 Å². The Morgan fingerprint density at radius 2 is 1.66 bits per heavy atom. The van der Waals surface area contributed by atoms with E-state index in [9.17, 15) is 9.59 Å². The Kier molecular flexibility index (Phi) is 8.74. The Hall–Kier alpha value is -3.54. The van der Waals surface area contributed by atoms with Gasteiger partial charge in [-0.25, -0.2) is 4.84 Å². The molecule has 0 radical (unpaired) electrons. The van der Waals surface area contributed by atoms with Crippen LogP contribution < -0.4 is 34.8 Å². The standard InChI is InChI=1S/C23H25ClN4O6S/c1-31-17-6-5-12(7-15(17)27-23(30)16(28-24)10-20(25)29)14-11-26-35-22(14)13-8-18(32-2)21(34-4)19(9-13)33-3/h5-9,11,16,28H,10H2,1-4H3,(H2,25,29)(H,27,30)/t16-/m0/s1. The summed E-state index contributed by atoms with van der Waals surface area (Å²) in [7, 11) is 6.13. The zero-order valence-electron chi connectivity index (χ0n) is 19.5. The molecule has 35 heavy (non-hydrogen) atoms. The molecule has 1 heterocycles. The second-order valence-corrected chi connectivity index (χ2v) is 8.24. The number of aromatic nitrogens is 1. The minimum atomic E-state index is -1.01. The topological polar surface area (TPSA) is 134 Å². The maximum absolute atomic E-state index is 12.7. The van der Waals surface area contributed by atoms with Gasteiger partial charge in [0, 0.05) is 17.3 Å². The normalized spacial score (nSPS) is 11.5. The van der Waals surface area contributed by atoms with Crippen LogP contribution in [0.4, 0.5) is 5.69 Å². The zero-order valence-corrected chi connectivity index (χ0v) is 21.1. The lowest BCUT2D eigenvalue weighted by Gasteiger charge is -2.16. The van der Waals surface area contributed by atoms with E-state index < -0.39 is 17.9 Å². The molecule has 3 aromatic rings. The van der Waals surface area contributed by atoms with Crippen LogP contribution in [0.15, 0.2) is 36.5 Å². The number of carbonyl (C=O) groups is 2. The van der Waals surface area contributed by atoms with Crippen LogP contribution in [-0.4, -0.2) is 50.7 Å². The van der Waals surface area contributed by atoms with Gasteiger partial charge in [0.1, 0.15) is 11.8 Å². The van der Waals surface area contributed by atoms with Crippen LogP contribution in [0.2, 0.25) is 0 Å². The summed E-state index contributed by atoms with van der Waals surface area (Å²) in [4.78, 5) is 27.0. The molecule has 1 atom stereocenters. The predicted molar refractivity (Wildman–Crippen MR) is 134 cm³/mol. The van der Waals surface area contributed by atoms with E-state index >= 15 is 0 Å². The number of amides is 2.